The third kappa shape index (κ3) is 5.15. The molecule has 1 aromatic rings. The summed E-state index contributed by atoms with van der Waals surface area (Å²) in [6, 6.07) is 6.85. The summed E-state index contributed by atoms with van der Waals surface area (Å²) in [5.41, 5.74) is 4.00. The minimum absolute atomic E-state index is 0.347. The van der Waals surface area contributed by atoms with E-state index in [1.165, 1.54) is 48.9 Å². The molecule has 28 heavy (non-hydrogen) atoms. The van der Waals surface area contributed by atoms with Gasteiger partial charge in [0.2, 0.25) is 5.91 Å². The monoisotopic (exact) mass is 383 g/mol. The number of nitrogens with one attached hydrogen (secondary N) is 1. The van der Waals surface area contributed by atoms with Crippen LogP contribution >= 0.6 is 0 Å². The van der Waals surface area contributed by atoms with Crippen molar-refractivity contribution in [2.75, 3.05) is 44.2 Å². The van der Waals surface area contributed by atoms with Crippen molar-refractivity contribution in [2.24, 2.45) is 5.92 Å². The number of nitrogens with zero attached hydrogens (tertiary/aromatic N) is 2. The van der Waals surface area contributed by atoms with Gasteiger partial charge in [-0.2, -0.15) is 0 Å². The molecule has 4 nitrogen and oxygen atoms in total. The van der Waals surface area contributed by atoms with E-state index < -0.39 is 0 Å². The summed E-state index contributed by atoms with van der Waals surface area (Å²) in [5.74, 6) is 1.13. The van der Waals surface area contributed by atoms with Gasteiger partial charge < -0.3 is 15.1 Å². The van der Waals surface area contributed by atoms with E-state index in [2.05, 4.69) is 33.3 Å². The largest absolute Gasteiger partial charge is 0.314 e. The van der Waals surface area contributed by atoms with Crippen molar-refractivity contribution in [1.29, 1.82) is 0 Å². The van der Waals surface area contributed by atoms with Gasteiger partial charge in [0, 0.05) is 51.4 Å². The molecule has 4 heteroatoms. The van der Waals surface area contributed by atoms with Crippen LogP contribution in [0.5, 0.6) is 0 Å². The fraction of sp³-hybridized carbons (Fsp3) is 0.708. The minimum atomic E-state index is 0.347. The van der Waals surface area contributed by atoms with Gasteiger partial charge in [-0.05, 0) is 48.8 Å². The average Bonchev–Trinajstić information content (AvgIpc) is 2.77. The number of aryl methyl sites for hydroxylation is 1. The van der Waals surface area contributed by atoms with Crippen LogP contribution in [0.15, 0.2) is 18.2 Å². The summed E-state index contributed by atoms with van der Waals surface area (Å²) in [7, 11) is 0. The minimum Gasteiger partial charge on any atom is -0.314 e. The summed E-state index contributed by atoms with van der Waals surface area (Å²) < 4.78 is 0. The predicted molar refractivity (Wildman–Crippen MR) is 116 cm³/mol. The molecular formula is C24H37N3O. The van der Waals surface area contributed by atoms with Crippen molar-refractivity contribution in [1.82, 2.24) is 10.2 Å². The number of rotatable bonds is 6. The SMILES string of the molecule is O=C(CCC1CCCCC1)N1CCCc2cc(CCN3CCNCC3)ccc21. The molecule has 1 N–H and O–H groups in total. The van der Waals surface area contributed by atoms with Gasteiger partial charge in [0.15, 0.2) is 0 Å². The molecule has 1 saturated carbocycles. The number of hydrogen-bond donors (Lipinski definition) is 1. The molecule has 0 spiro atoms. The molecule has 3 aliphatic rings. The number of benzene rings is 1. The highest BCUT2D eigenvalue weighted by molar-refractivity contribution is 5.94. The number of fused-ring (bicyclic) bond motifs is 1. The van der Waals surface area contributed by atoms with Crippen LogP contribution in [0, 0.1) is 5.92 Å². The molecule has 0 atom stereocenters. The number of piperazine rings is 1. The molecular weight excluding hydrogens is 346 g/mol. The lowest BCUT2D eigenvalue weighted by Crippen LogP contribution is -2.44. The van der Waals surface area contributed by atoms with E-state index in [-0.39, 0.29) is 0 Å². The van der Waals surface area contributed by atoms with E-state index in [1.807, 2.05) is 0 Å². The lowest BCUT2D eigenvalue weighted by Gasteiger charge is -2.31. The summed E-state index contributed by atoms with van der Waals surface area (Å²) in [6.45, 7) is 6.59. The van der Waals surface area contributed by atoms with Crippen molar-refractivity contribution >= 4 is 11.6 Å². The van der Waals surface area contributed by atoms with Crippen molar-refractivity contribution < 1.29 is 4.79 Å². The normalized spacial score (nSPS) is 21.5. The predicted octanol–water partition coefficient (Wildman–Crippen LogP) is 3.77. The maximum absolute atomic E-state index is 12.9. The first-order valence-electron chi connectivity index (χ1n) is 11.6. The van der Waals surface area contributed by atoms with Crippen molar-refractivity contribution in [3.05, 3.63) is 29.3 Å². The molecule has 2 fully saturated rings. The maximum atomic E-state index is 12.9. The van der Waals surface area contributed by atoms with Crippen molar-refractivity contribution in [3.63, 3.8) is 0 Å². The Bertz CT molecular complexity index is 647. The number of hydrogen-bond acceptors (Lipinski definition) is 3. The molecule has 0 aromatic heterocycles. The van der Waals surface area contributed by atoms with E-state index in [0.29, 0.717) is 5.91 Å². The summed E-state index contributed by atoms with van der Waals surface area (Å²) in [5, 5.41) is 3.42. The second-order valence-corrected chi connectivity index (χ2v) is 9.00. The first kappa shape index (κ1) is 19.9. The van der Waals surface area contributed by atoms with Gasteiger partial charge in [-0.3, -0.25) is 4.79 Å². The van der Waals surface area contributed by atoms with Gasteiger partial charge in [-0.15, -0.1) is 0 Å². The van der Waals surface area contributed by atoms with Gasteiger partial charge >= 0.3 is 0 Å². The maximum Gasteiger partial charge on any atom is 0.226 e. The third-order valence-corrected chi connectivity index (χ3v) is 6.98. The number of carbonyl (C=O) groups excluding carboxylic acids is 1. The molecule has 1 aliphatic carbocycles. The molecule has 1 aromatic carbocycles. The Labute approximate surface area is 170 Å². The van der Waals surface area contributed by atoms with Crippen LogP contribution in [0.3, 0.4) is 0 Å². The number of carbonyl (C=O) groups is 1. The van der Waals surface area contributed by atoms with E-state index in [1.54, 1.807) is 0 Å². The molecule has 154 valence electrons. The van der Waals surface area contributed by atoms with Crippen molar-refractivity contribution in [3.8, 4) is 0 Å². The van der Waals surface area contributed by atoms with Gasteiger partial charge in [0.05, 0.1) is 0 Å². The van der Waals surface area contributed by atoms with Gasteiger partial charge in [0.25, 0.3) is 0 Å². The highest BCUT2D eigenvalue weighted by Gasteiger charge is 2.24. The van der Waals surface area contributed by atoms with Gasteiger partial charge in [-0.1, -0.05) is 44.2 Å². The Balaban J connectivity index is 1.33. The van der Waals surface area contributed by atoms with Crippen LogP contribution in [0.1, 0.15) is 62.5 Å². The summed E-state index contributed by atoms with van der Waals surface area (Å²) in [4.78, 5) is 17.6. The quantitative estimate of drug-likeness (QED) is 0.812. The van der Waals surface area contributed by atoms with Crippen LogP contribution in [-0.4, -0.2) is 50.1 Å². The Morgan fingerprint density at radius 3 is 2.68 bits per heavy atom. The van der Waals surface area contributed by atoms with Gasteiger partial charge in [-0.25, -0.2) is 0 Å². The topological polar surface area (TPSA) is 35.6 Å². The highest BCUT2D eigenvalue weighted by Crippen LogP contribution is 2.31. The molecule has 2 heterocycles. The molecule has 1 saturated heterocycles. The van der Waals surface area contributed by atoms with E-state index in [9.17, 15) is 4.79 Å². The van der Waals surface area contributed by atoms with Crippen LogP contribution < -0.4 is 10.2 Å². The number of amides is 1. The molecule has 0 unspecified atom stereocenters. The Hall–Kier alpha value is -1.39. The first-order valence-corrected chi connectivity index (χ1v) is 11.6. The van der Waals surface area contributed by atoms with Crippen LogP contribution in [0.2, 0.25) is 0 Å². The van der Waals surface area contributed by atoms with Gasteiger partial charge in [0.1, 0.15) is 0 Å². The highest BCUT2D eigenvalue weighted by atomic mass is 16.2. The standard InChI is InChI=1S/C24H37N3O/c28-24(11-9-20-5-2-1-3-6-20)27-15-4-7-22-19-21(8-10-23(22)27)12-16-26-17-13-25-14-18-26/h8,10,19-20,25H,1-7,9,11-18H2. The Morgan fingerprint density at radius 1 is 1.04 bits per heavy atom. The molecule has 4 rings (SSSR count). The lowest BCUT2D eigenvalue weighted by atomic mass is 9.86. The van der Waals surface area contributed by atoms with Crippen molar-refractivity contribution in [2.45, 2.75) is 64.2 Å². The Morgan fingerprint density at radius 2 is 1.86 bits per heavy atom. The van der Waals surface area contributed by atoms with E-state index >= 15 is 0 Å². The second-order valence-electron chi connectivity index (χ2n) is 9.00. The Kier molecular flexibility index (Phi) is 7.03. The lowest BCUT2D eigenvalue weighted by molar-refractivity contribution is -0.119. The fourth-order valence-electron chi connectivity index (χ4n) is 5.23. The first-order chi connectivity index (χ1) is 13.8. The molecule has 2 aliphatic heterocycles. The molecule has 1 amide bonds. The van der Waals surface area contributed by atoms with Crippen LogP contribution in [0.4, 0.5) is 5.69 Å². The zero-order valence-electron chi connectivity index (χ0n) is 17.4. The smallest absolute Gasteiger partial charge is 0.226 e. The van der Waals surface area contributed by atoms with E-state index in [0.717, 1.165) is 77.3 Å². The fourth-order valence-corrected chi connectivity index (χ4v) is 5.23. The summed E-state index contributed by atoms with van der Waals surface area (Å²) in [6.07, 6.45) is 11.9. The summed E-state index contributed by atoms with van der Waals surface area (Å²) >= 11 is 0. The van der Waals surface area contributed by atoms with E-state index in [4.69, 9.17) is 0 Å². The number of anilines is 1. The zero-order chi connectivity index (χ0) is 19.2. The zero-order valence-corrected chi connectivity index (χ0v) is 17.4. The second kappa shape index (κ2) is 9.89. The van der Waals surface area contributed by atoms with Crippen LogP contribution in [-0.2, 0) is 17.6 Å². The average molecular weight is 384 g/mol. The molecule has 0 radical (unpaired) electrons. The molecule has 0 bridgehead atoms. The third-order valence-electron chi connectivity index (χ3n) is 6.98. The van der Waals surface area contributed by atoms with Crippen LogP contribution in [0.25, 0.3) is 0 Å².